The zero-order valence-electron chi connectivity index (χ0n) is 11.5. The minimum Gasteiger partial charge on any atom is -0.479 e. The van der Waals surface area contributed by atoms with Crippen LogP contribution in [0.15, 0.2) is 0 Å². The summed E-state index contributed by atoms with van der Waals surface area (Å²) in [4.78, 5) is 24.5. The number of nitrogens with zero attached hydrogens (tertiary/aromatic N) is 1. The van der Waals surface area contributed by atoms with Gasteiger partial charge in [-0.05, 0) is 38.9 Å². The fourth-order valence-electron chi connectivity index (χ4n) is 2.02. The fourth-order valence-corrected chi connectivity index (χ4v) is 2.02. The van der Waals surface area contributed by atoms with Gasteiger partial charge in [0.1, 0.15) is 0 Å². The van der Waals surface area contributed by atoms with Gasteiger partial charge in [-0.25, -0.2) is 9.59 Å². The van der Waals surface area contributed by atoms with Gasteiger partial charge in [-0.3, -0.25) is 0 Å². The molecule has 0 bridgehead atoms. The first-order valence-electron chi connectivity index (χ1n) is 6.48. The Morgan fingerprint density at radius 3 is 2.53 bits per heavy atom. The van der Waals surface area contributed by atoms with Gasteiger partial charge in [-0.15, -0.1) is 0 Å². The number of rotatable bonds is 6. The summed E-state index contributed by atoms with van der Waals surface area (Å²) in [5.41, 5.74) is 0. The molecular weight excluding hydrogens is 250 g/mol. The summed E-state index contributed by atoms with van der Waals surface area (Å²) >= 11 is 0. The predicted molar refractivity (Wildman–Crippen MR) is 70.1 cm³/mol. The molecule has 1 aliphatic rings. The van der Waals surface area contributed by atoms with Crippen molar-refractivity contribution in [2.45, 2.75) is 18.9 Å². The Kier molecular flexibility index (Phi) is 6.58. The quantitative estimate of drug-likeness (QED) is 0.619. The number of carboxylic acids is 1. The van der Waals surface area contributed by atoms with Crippen molar-refractivity contribution in [1.29, 1.82) is 0 Å². The third kappa shape index (κ3) is 5.89. The van der Waals surface area contributed by atoms with Crippen LogP contribution in [0.4, 0.5) is 4.79 Å². The van der Waals surface area contributed by atoms with Crippen LogP contribution in [-0.2, 0) is 9.53 Å². The van der Waals surface area contributed by atoms with Gasteiger partial charge in [0.25, 0.3) is 0 Å². The second kappa shape index (κ2) is 7.96. The molecule has 110 valence electrons. The zero-order valence-corrected chi connectivity index (χ0v) is 11.5. The Labute approximate surface area is 113 Å². The van der Waals surface area contributed by atoms with Crippen molar-refractivity contribution in [2.24, 2.45) is 5.92 Å². The van der Waals surface area contributed by atoms with E-state index in [2.05, 4.69) is 22.6 Å². The van der Waals surface area contributed by atoms with E-state index in [4.69, 9.17) is 9.84 Å². The molecule has 0 aromatic heterocycles. The SMILES string of the molecule is COC(CNC(=O)NCC1CCN(C)CC1)C(=O)O. The average molecular weight is 273 g/mol. The Bertz CT molecular complexity index is 303. The minimum atomic E-state index is -1.09. The molecule has 7 heteroatoms. The third-order valence-corrected chi connectivity index (χ3v) is 3.40. The lowest BCUT2D eigenvalue weighted by Crippen LogP contribution is -2.45. The number of urea groups is 1. The van der Waals surface area contributed by atoms with Crippen LogP contribution in [0.3, 0.4) is 0 Å². The van der Waals surface area contributed by atoms with Crippen molar-refractivity contribution < 1.29 is 19.4 Å². The first-order valence-corrected chi connectivity index (χ1v) is 6.48. The number of likely N-dealkylation sites (tertiary alicyclic amines) is 1. The fraction of sp³-hybridized carbons (Fsp3) is 0.833. The smallest absolute Gasteiger partial charge is 0.334 e. The summed E-state index contributed by atoms with van der Waals surface area (Å²) < 4.78 is 4.72. The molecule has 19 heavy (non-hydrogen) atoms. The number of hydrogen-bond acceptors (Lipinski definition) is 4. The van der Waals surface area contributed by atoms with Crippen LogP contribution in [0.5, 0.6) is 0 Å². The van der Waals surface area contributed by atoms with Crippen molar-refractivity contribution in [3.63, 3.8) is 0 Å². The summed E-state index contributed by atoms with van der Waals surface area (Å²) in [5.74, 6) is -0.585. The third-order valence-electron chi connectivity index (χ3n) is 3.40. The van der Waals surface area contributed by atoms with Crippen LogP contribution >= 0.6 is 0 Å². The van der Waals surface area contributed by atoms with Gasteiger partial charge in [0.15, 0.2) is 6.10 Å². The molecule has 0 spiro atoms. The highest BCUT2D eigenvalue weighted by Crippen LogP contribution is 2.14. The Hall–Kier alpha value is -1.34. The number of carbonyl (C=O) groups excluding carboxylic acids is 1. The highest BCUT2D eigenvalue weighted by Gasteiger charge is 2.19. The van der Waals surface area contributed by atoms with Crippen LogP contribution < -0.4 is 10.6 Å². The number of methoxy groups -OCH3 is 1. The van der Waals surface area contributed by atoms with E-state index in [1.54, 1.807) is 0 Å². The van der Waals surface area contributed by atoms with Gasteiger partial charge < -0.3 is 25.4 Å². The molecule has 0 saturated carbocycles. The van der Waals surface area contributed by atoms with Gasteiger partial charge >= 0.3 is 12.0 Å². The van der Waals surface area contributed by atoms with Gasteiger partial charge in [0, 0.05) is 13.7 Å². The second-order valence-corrected chi connectivity index (χ2v) is 4.90. The van der Waals surface area contributed by atoms with E-state index in [1.807, 2.05) is 0 Å². The normalized spacial score (nSPS) is 18.8. The number of amides is 2. The van der Waals surface area contributed by atoms with Crippen molar-refractivity contribution in [3.05, 3.63) is 0 Å². The molecule has 1 heterocycles. The van der Waals surface area contributed by atoms with Crippen LogP contribution in [-0.4, -0.2) is 68.4 Å². The lowest BCUT2D eigenvalue weighted by atomic mass is 9.97. The number of piperidine rings is 1. The van der Waals surface area contributed by atoms with Crippen molar-refractivity contribution in [3.8, 4) is 0 Å². The molecule has 0 radical (unpaired) electrons. The van der Waals surface area contributed by atoms with E-state index in [-0.39, 0.29) is 12.6 Å². The number of ether oxygens (including phenoxy) is 1. The molecule has 1 rings (SSSR count). The lowest BCUT2D eigenvalue weighted by molar-refractivity contribution is -0.147. The van der Waals surface area contributed by atoms with Crippen molar-refractivity contribution in [1.82, 2.24) is 15.5 Å². The van der Waals surface area contributed by atoms with Crippen LogP contribution in [0.25, 0.3) is 0 Å². The van der Waals surface area contributed by atoms with Gasteiger partial charge in [-0.2, -0.15) is 0 Å². The molecule has 1 atom stereocenters. The summed E-state index contributed by atoms with van der Waals surface area (Å²) in [6.07, 6.45) is 1.15. The van der Waals surface area contributed by atoms with Crippen LogP contribution in [0.1, 0.15) is 12.8 Å². The van der Waals surface area contributed by atoms with E-state index >= 15 is 0 Å². The molecule has 0 aliphatic carbocycles. The first-order chi connectivity index (χ1) is 9.02. The van der Waals surface area contributed by atoms with E-state index < -0.39 is 12.1 Å². The standard InChI is InChI=1S/C12H23N3O4/c1-15-5-3-9(4-6-15)7-13-12(18)14-8-10(19-2)11(16)17/h9-10H,3-8H2,1-2H3,(H,16,17)(H2,13,14,18). The summed E-state index contributed by atoms with van der Waals surface area (Å²) in [6.45, 7) is 2.70. The molecule has 3 N–H and O–H groups in total. The minimum absolute atomic E-state index is 0.0366. The number of hydrogen-bond donors (Lipinski definition) is 3. The number of nitrogens with one attached hydrogen (secondary N) is 2. The molecule has 7 nitrogen and oxygen atoms in total. The highest BCUT2D eigenvalue weighted by molar-refractivity contribution is 5.76. The molecule has 1 saturated heterocycles. The van der Waals surface area contributed by atoms with Gasteiger partial charge in [0.2, 0.25) is 0 Å². The molecule has 1 fully saturated rings. The zero-order chi connectivity index (χ0) is 14.3. The van der Waals surface area contributed by atoms with E-state index in [9.17, 15) is 9.59 Å². The van der Waals surface area contributed by atoms with E-state index in [0.29, 0.717) is 12.5 Å². The molecule has 1 aliphatic heterocycles. The second-order valence-electron chi connectivity index (χ2n) is 4.90. The van der Waals surface area contributed by atoms with E-state index in [1.165, 1.54) is 7.11 Å². The predicted octanol–water partition coefficient (Wildman–Crippen LogP) is -0.273. The number of aliphatic carboxylic acids is 1. The number of carboxylic acid groups (broad SMARTS) is 1. The Morgan fingerprint density at radius 2 is 2.00 bits per heavy atom. The maximum Gasteiger partial charge on any atom is 0.334 e. The Morgan fingerprint density at radius 1 is 1.37 bits per heavy atom. The maximum atomic E-state index is 11.5. The molecule has 1 unspecified atom stereocenters. The average Bonchev–Trinajstić information content (AvgIpc) is 2.38. The van der Waals surface area contributed by atoms with Gasteiger partial charge in [-0.1, -0.05) is 0 Å². The van der Waals surface area contributed by atoms with E-state index in [0.717, 1.165) is 25.9 Å². The van der Waals surface area contributed by atoms with Crippen LogP contribution in [0.2, 0.25) is 0 Å². The molecule has 0 aromatic rings. The summed E-state index contributed by atoms with van der Waals surface area (Å²) in [5, 5.41) is 14.0. The number of carbonyl (C=O) groups is 2. The van der Waals surface area contributed by atoms with Crippen molar-refractivity contribution >= 4 is 12.0 Å². The molecular formula is C12H23N3O4. The largest absolute Gasteiger partial charge is 0.479 e. The first kappa shape index (κ1) is 15.7. The highest BCUT2D eigenvalue weighted by atomic mass is 16.5. The summed E-state index contributed by atoms with van der Waals surface area (Å²) in [7, 11) is 3.39. The topological polar surface area (TPSA) is 90.9 Å². The molecule has 2 amide bonds. The van der Waals surface area contributed by atoms with Gasteiger partial charge in [0.05, 0.1) is 6.54 Å². The van der Waals surface area contributed by atoms with Crippen molar-refractivity contribution in [2.75, 3.05) is 40.3 Å². The monoisotopic (exact) mass is 273 g/mol. The molecule has 0 aromatic carbocycles. The lowest BCUT2D eigenvalue weighted by Gasteiger charge is -2.28. The maximum absolute atomic E-state index is 11.5. The van der Waals surface area contributed by atoms with Crippen LogP contribution in [0, 0.1) is 5.92 Å². The summed E-state index contributed by atoms with van der Waals surface area (Å²) in [6, 6.07) is -0.345. The Balaban J connectivity index is 2.15.